The van der Waals surface area contributed by atoms with Gasteiger partial charge in [0.2, 0.25) is 0 Å². The summed E-state index contributed by atoms with van der Waals surface area (Å²) in [4.78, 5) is 1.39. The quantitative estimate of drug-likeness (QED) is 0.742. The van der Waals surface area contributed by atoms with Crippen LogP contribution in [0, 0.1) is 0 Å². The van der Waals surface area contributed by atoms with Crippen LogP contribution in [-0.2, 0) is 24.3 Å². The van der Waals surface area contributed by atoms with Crippen LogP contribution >= 0.6 is 11.3 Å². The summed E-state index contributed by atoms with van der Waals surface area (Å²) in [6.45, 7) is 6.74. The van der Waals surface area contributed by atoms with Crippen LogP contribution in [0.15, 0.2) is 41.8 Å². The van der Waals surface area contributed by atoms with E-state index in [1.54, 1.807) is 11.3 Å². The Hall–Kier alpha value is -1.16. The van der Waals surface area contributed by atoms with Crippen LogP contribution in [0.3, 0.4) is 0 Å². The summed E-state index contributed by atoms with van der Waals surface area (Å²) in [7, 11) is 0. The molecule has 2 nitrogen and oxygen atoms in total. The van der Waals surface area contributed by atoms with Crippen LogP contribution in [0.4, 0.5) is 0 Å². The fourth-order valence-corrected chi connectivity index (χ4v) is 2.58. The normalized spacial score (nSPS) is 11.2. The summed E-state index contributed by atoms with van der Waals surface area (Å²) >= 11 is 1.79. The van der Waals surface area contributed by atoms with Crippen molar-refractivity contribution < 1.29 is 4.74 Å². The number of benzene rings is 1. The average Bonchev–Trinajstić information content (AvgIpc) is 2.96. The van der Waals surface area contributed by atoms with Gasteiger partial charge in [-0.15, -0.1) is 11.3 Å². The summed E-state index contributed by atoms with van der Waals surface area (Å²) in [6.07, 6.45) is 1.01. The van der Waals surface area contributed by atoms with E-state index in [2.05, 4.69) is 60.9 Å². The van der Waals surface area contributed by atoms with Crippen molar-refractivity contribution in [2.24, 2.45) is 0 Å². The standard InChI is InChI=1S/C17H23NOS/c1-14(2)18-12-15-5-7-16(8-6-15)13-19-10-9-17-4-3-11-20-17/h3-8,11,14,18H,9-10,12-13H2,1-2H3. The van der Waals surface area contributed by atoms with E-state index in [4.69, 9.17) is 4.74 Å². The van der Waals surface area contributed by atoms with Gasteiger partial charge in [-0.1, -0.05) is 44.2 Å². The van der Waals surface area contributed by atoms with E-state index < -0.39 is 0 Å². The SMILES string of the molecule is CC(C)NCc1ccc(COCCc2cccs2)cc1. The van der Waals surface area contributed by atoms with Gasteiger partial charge in [0, 0.05) is 23.9 Å². The maximum Gasteiger partial charge on any atom is 0.0717 e. The molecule has 20 heavy (non-hydrogen) atoms. The van der Waals surface area contributed by atoms with Gasteiger partial charge in [-0.3, -0.25) is 0 Å². The van der Waals surface area contributed by atoms with Crippen LogP contribution in [0.2, 0.25) is 0 Å². The van der Waals surface area contributed by atoms with E-state index in [-0.39, 0.29) is 0 Å². The summed E-state index contributed by atoms with van der Waals surface area (Å²) < 4.78 is 5.72. The number of nitrogens with one attached hydrogen (secondary N) is 1. The van der Waals surface area contributed by atoms with Crippen molar-refractivity contribution in [2.75, 3.05) is 6.61 Å². The Labute approximate surface area is 125 Å². The third-order valence-corrected chi connectivity index (χ3v) is 4.02. The van der Waals surface area contributed by atoms with E-state index in [0.29, 0.717) is 12.6 Å². The first-order valence-corrected chi connectivity index (χ1v) is 8.03. The van der Waals surface area contributed by atoms with Gasteiger partial charge < -0.3 is 10.1 Å². The first kappa shape index (κ1) is 15.2. The van der Waals surface area contributed by atoms with Crippen molar-refractivity contribution in [3.63, 3.8) is 0 Å². The molecule has 2 aromatic rings. The van der Waals surface area contributed by atoms with Gasteiger partial charge in [0.15, 0.2) is 0 Å². The molecule has 0 saturated carbocycles. The first-order chi connectivity index (χ1) is 9.74. The summed E-state index contributed by atoms with van der Waals surface area (Å²) in [5.41, 5.74) is 2.56. The third-order valence-electron chi connectivity index (χ3n) is 3.08. The molecule has 1 heterocycles. The van der Waals surface area contributed by atoms with E-state index in [9.17, 15) is 0 Å². The maximum atomic E-state index is 5.72. The van der Waals surface area contributed by atoms with Gasteiger partial charge in [-0.2, -0.15) is 0 Å². The lowest BCUT2D eigenvalue weighted by molar-refractivity contribution is 0.124. The lowest BCUT2D eigenvalue weighted by Gasteiger charge is -2.09. The molecule has 0 amide bonds. The minimum absolute atomic E-state index is 0.523. The Balaban J connectivity index is 1.68. The first-order valence-electron chi connectivity index (χ1n) is 7.15. The second kappa shape index (κ2) is 8.20. The number of rotatable bonds is 8. The van der Waals surface area contributed by atoms with E-state index in [0.717, 1.165) is 19.6 Å². The summed E-state index contributed by atoms with van der Waals surface area (Å²) in [5, 5.41) is 5.53. The van der Waals surface area contributed by atoms with Gasteiger partial charge >= 0.3 is 0 Å². The molecule has 0 saturated heterocycles. The smallest absolute Gasteiger partial charge is 0.0717 e. The Bertz CT molecular complexity index is 476. The predicted octanol–water partition coefficient (Wildman–Crippen LogP) is 4.01. The zero-order valence-electron chi connectivity index (χ0n) is 12.3. The number of hydrogen-bond donors (Lipinski definition) is 1. The minimum atomic E-state index is 0.523. The van der Waals surface area contributed by atoms with Gasteiger partial charge in [0.05, 0.1) is 13.2 Å². The average molecular weight is 289 g/mol. The summed E-state index contributed by atoms with van der Waals surface area (Å²) in [6, 6.07) is 13.4. The van der Waals surface area contributed by atoms with Crippen molar-refractivity contribution in [3.8, 4) is 0 Å². The molecule has 1 aromatic heterocycles. The highest BCUT2D eigenvalue weighted by atomic mass is 32.1. The van der Waals surface area contributed by atoms with Crippen LogP contribution in [0.25, 0.3) is 0 Å². The molecule has 108 valence electrons. The highest BCUT2D eigenvalue weighted by molar-refractivity contribution is 7.09. The molecule has 0 atom stereocenters. The number of ether oxygens (including phenoxy) is 1. The molecular formula is C17H23NOS. The number of hydrogen-bond acceptors (Lipinski definition) is 3. The van der Waals surface area contributed by atoms with Gasteiger partial charge in [0.1, 0.15) is 0 Å². The largest absolute Gasteiger partial charge is 0.376 e. The zero-order valence-corrected chi connectivity index (χ0v) is 13.1. The van der Waals surface area contributed by atoms with Crippen molar-refractivity contribution >= 4 is 11.3 Å². The minimum Gasteiger partial charge on any atom is -0.376 e. The van der Waals surface area contributed by atoms with Crippen molar-refractivity contribution in [3.05, 3.63) is 57.8 Å². The van der Waals surface area contributed by atoms with Crippen LogP contribution < -0.4 is 5.32 Å². The molecule has 0 aliphatic carbocycles. The molecule has 3 heteroatoms. The molecule has 1 aromatic carbocycles. The highest BCUT2D eigenvalue weighted by Gasteiger charge is 1.98. The second-order valence-corrected chi connectivity index (χ2v) is 6.27. The summed E-state index contributed by atoms with van der Waals surface area (Å²) in [5.74, 6) is 0. The van der Waals surface area contributed by atoms with Crippen molar-refractivity contribution in [1.29, 1.82) is 0 Å². The Morgan fingerprint density at radius 2 is 1.85 bits per heavy atom. The van der Waals surface area contributed by atoms with Crippen LogP contribution in [0.1, 0.15) is 29.9 Å². The molecule has 0 unspecified atom stereocenters. The topological polar surface area (TPSA) is 21.3 Å². The van der Waals surface area contributed by atoms with Crippen molar-refractivity contribution in [1.82, 2.24) is 5.32 Å². The fraction of sp³-hybridized carbons (Fsp3) is 0.412. The van der Waals surface area contributed by atoms with Crippen molar-refractivity contribution in [2.45, 2.75) is 39.5 Å². The molecule has 0 spiro atoms. The number of thiophene rings is 1. The predicted molar refractivity (Wildman–Crippen MR) is 86.1 cm³/mol. The Morgan fingerprint density at radius 3 is 2.50 bits per heavy atom. The van der Waals surface area contributed by atoms with Gasteiger partial charge in [-0.05, 0) is 22.6 Å². The monoisotopic (exact) mass is 289 g/mol. The highest BCUT2D eigenvalue weighted by Crippen LogP contribution is 2.10. The Morgan fingerprint density at radius 1 is 1.10 bits per heavy atom. The lowest BCUT2D eigenvalue weighted by Crippen LogP contribution is -2.21. The molecule has 0 bridgehead atoms. The molecular weight excluding hydrogens is 266 g/mol. The molecule has 0 fully saturated rings. The van der Waals surface area contributed by atoms with E-state index in [1.807, 2.05) is 0 Å². The molecule has 0 radical (unpaired) electrons. The maximum absolute atomic E-state index is 5.72. The van der Waals surface area contributed by atoms with Gasteiger partial charge in [-0.25, -0.2) is 0 Å². The molecule has 1 N–H and O–H groups in total. The van der Waals surface area contributed by atoms with Crippen LogP contribution in [0.5, 0.6) is 0 Å². The molecule has 2 rings (SSSR count). The van der Waals surface area contributed by atoms with Gasteiger partial charge in [0.25, 0.3) is 0 Å². The second-order valence-electron chi connectivity index (χ2n) is 5.23. The van der Waals surface area contributed by atoms with E-state index >= 15 is 0 Å². The zero-order chi connectivity index (χ0) is 14.2. The molecule has 0 aliphatic rings. The molecule has 0 aliphatic heterocycles. The fourth-order valence-electron chi connectivity index (χ4n) is 1.89. The third kappa shape index (κ3) is 5.45. The van der Waals surface area contributed by atoms with E-state index in [1.165, 1.54) is 16.0 Å². The Kier molecular flexibility index (Phi) is 6.25. The lowest BCUT2D eigenvalue weighted by atomic mass is 10.1. The van der Waals surface area contributed by atoms with Crippen LogP contribution in [-0.4, -0.2) is 12.6 Å².